The first kappa shape index (κ1) is 32.1. The van der Waals surface area contributed by atoms with Gasteiger partial charge in [-0.25, -0.2) is 9.97 Å². The van der Waals surface area contributed by atoms with Crippen molar-refractivity contribution in [3.8, 4) is 61.8 Å². The number of aromatic nitrogens is 2. The van der Waals surface area contributed by atoms with E-state index in [2.05, 4.69) is 167 Å². The summed E-state index contributed by atoms with van der Waals surface area (Å²) in [4.78, 5) is 10.4. The Bertz CT molecular complexity index is 2820. The van der Waals surface area contributed by atoms with Crippen molar-refractivity contribution in [3.05, 3.63) is 185 Å². The van der Waals surface area contributed by atoms with Gasteiger partial charge in [-0.2, -0.15) is 0 Å². The van der Waals surface area contributed by atoms with Crippen LogP contribution in [0, 0.1) is 0 Å². The number of para-hydroxylation sites is 1. The Morgan fingerprint density at radius 2 is 1.13 bits per heavy atom. The second-order valence-corrected chi connectivity index (χ2v) is 16.5. The van der Waals surface area contributed by atoms with Crippen LogP contribution in [0.4, 0.5) is 0 Å². The first-order chi connectivity index (χ1) is 26.8. The van der Waals surface area contributed by atoms with Gasteiger partial charge in [0.05, 0.1) is 11.4 Å². The zero-order valence-corrected chi connectivity index (χ0v) is 31.5. The first-order valence-electron chi connectivity index (χ1n) is 19.4. The minimum atomic E-state index is -0.131. The summed E-state index contributed by atoms with van der Waals surface area (Å²) in [7, 11) is 0. The van der Waals surface area contributed by atoms with Crippen LogP contribution in [-0.2, 0) is 10.8 Å². The molecule has 3 nitrogen and oxygen atoms in total. The van der Waals surface area contributed by atoms with Crippen molar-refractivity contribution in [3.63, 3.8) is 0 Å². The third kappa shape index (κ3) is 4.75. The minimum absolute atomic E-state index is 0.0207. The molecule has 0 radical (unpaired) electrons. The number of benzene rings is 6. The molecule has 3 aliphatic carbocycles. The van der Waals surface area contributed by atoms with Crippen molar-refractivity contribution in [2.24, 2.45) is 0 Å². The van der Waals surface area contributed by atoms with E-state index >= 15 is 0 Å². The quantitative estimate of drug-likeness (QED) is 0.183. The molecular formula is C52H40N2O. The number of allylic oxidation sites excluding steroid dienone is 2. The highest BCUT2D eigenvalue weighted by molar-refractivity contribution is 5.96. The average molecular weight is 709 g/mol. The third-order valence-corrected chi connectivity index (χ3v) is 12.6. The molecule has 6 aromatic carbocycles. The number of hydrogen-bond acceptors (Lipinski definition) is 3. The summed E-state index contributed by atoms with van der Waals surface area (Å²) < 4.78 is 6.43. The maximum absolute atomic E-state index is 6.43. The molecule has 2 heterocycles. The molecule has 0 amide bonds. The molecule has 1 atom stereocenters. The van der Waals surface area contributed by atoms with E-state index in [9.17, 15) is 0 Å². The molecule has 1 aliphatic heterocycles. The molecule has 1 aromatic heterocycles. The molecule has 0 N–H and O–H groups in total. The van der Waals surface area contributed by atoms with Gasteiger partial charge in [-0.05, 0) is 91.5 Å². The number of hydrogen-bond donors (Lipinski definition) is 0. The van der Waals surface area contributed by atoms with Crippen molar-refractivity contribution < 1.29 is 4.74 Å². The van der Waals surface area contributed by atoms with Gasteiger partial charge in [0.25, 0.3) is 0 Å². The van der Waals surface area contributed by atoms with Crippen molar-refractivity contribution >= 4 is 11.1 Å². The Morgan fingerprint density at radius 3 is 2.00 bits per heavy atom. The smallest absolute Gasteiger partial charge is 0.160 e. The standard InChI is InChI=1S/C52H40N2O/c1-51(2)41-21-10-8-18-36(41)39-28-44-40(29-43(39)51)49-35(20-13-22-42(49)52(44,3)4)32-16-12-17-33(26-32)45-30-46(54-50(53-45)31-14-6-5-7-15-31)34-24-25-38-37-19-9-11-23-47(37)55-48(38)27-34/h5-26,28-30,48H,27H2,1-4H3. The highest BCUT2D eigenvalue weighted by Gasteiger charge is 2.42. The Balaban J connectivity index is 1.04. The molecule has 264 valence electrons. The van der Waals surface area contributed by atoms with E-state index in [4.69, 9.17) is 14.7 Å². The lowest BCUT2D eigenvalue weighted by Crippen LogP contribution is -2.16. The van der Waals surface area contributed by atoms with Gasteiger partial charge in [0.2, 0.25) is 0 Å². The summed E-state index contributed by atoms with van der Waals surface area (Å²) >= 11 is 0. The third-order valence-electron chi connectivity index (χ3n) is 12.6. The van der Waals surface area contributed by atoms with Gasteiger partial charge in [0.15, 0.2) is 5.82 Å². The molecule has 4 aliphatic rings. The van der Waals surface area contributed by atoms with Gasteiger partial charge in [-0.1, -0.05) is 149 Å². The average Bonchev–Trinajstić information content (AvgIpc) is 3.79. The second kappa shape index (κ2) is 11.6. The van der Waals surface area contributed by atoms with Gasteiger partial charge in [0, 0.05) is 39.5 Å². The molecule has 0 saturated carbocycles. The number of rotatable bonds is 4. The van der Waals surface area contributed by atoms with Gasteiger partial charge in [-0.15, -0.1) is 0 Å². The summed E-state index contributed by atoms with van der Waals surface area (Å²) in [6, 6.07) is 50.6. The summed E-state index contributed by atoms with van der Waals surface area (Å²) in [5, 5.41) is 0. The topological polar surface area (TPSA) is 35.0 Å². The van der Waals surface area contributed by atoms with Crippen molar-refractivity contribution in [2.75, 3.05) is 0 Å². The van der Waals surface area contributed by atoms with E-state index in [0.717, 1.165) is 46.1 Å². The molecule has 0 saturated heterocycles. The fourth-order valence-electron chi connectivity index (χ4n) is 9.74. The number of fused-ring (bicyclic) bond motifs is 9. The fraction of sp³-hybridized carbons (Fsp3) is 0.154. The van der Waals surface area contributed by atoms with Crippen LogP contribution in [0.5, 0.6) is 5.75 Å². The zero-order chi connectivity index (χ0) is 37.1. The lowest BCUT2D eigenvalue weighted by molar-refractivity contribution is 0.281. The van der Waals surface area contributed by atoms with Crippen molar-refractivity contribution in [1.29, 1.82) is 0 Å². The number of ether oxygens (including phenoxy) is 1. The molecule has 0 bridgehead atoms. The normalized spacial score (nSPS) is 17.5. The first-order valence-corrected chi connectivity index (χ1v) is 19.4. The maximum Gasteiger partial charge on any atom is 0.160 e. The molecule has 1 unspecified atom stereocenters. The summed E-state index contributed by atoms with van der Waals surface area (Å²) in [6.07, 6.45) is 5.16. The van der Waals surface area contributed by atoms with Crippen LogP contribution in [0.1, 0.15) is 67.6 Å². The highest BCUT2D eigenvalue weighted by atomic mass is 16.5. The van der Waals surface area contributed by atoms with Crippen LogP contribution in [0.2, 0.25) is 0 Å². The van der Waals surface area contributed by atoms with Crippen LogP contribution >= 0.6 is 0 Å². The summed E-state index contributed by atoms with van der Waals surface area (Å²) in [5.41, 5.74) is 20.7. The Hall–Kier alpha value is -6.32. The van der Waals surface area contributed by atoms with E-state index in [-0.39, 0.29) is 16.9 Å². The fourth-order valence-corrected chi connectivity index (χ4v) is 9.74. The zero-order valence-electron chi connectivity index (χ0n) is 31.5. The van der Waals surface area contributed by atoms with E-state index in [1.807, 2.05) is 12.1 Å². The van der Waals surface area contributed by atoms with E-state index in [0.29, 0.717) is 0 Å². The monoisotopic (exact) mass is 708 g/mol. The van der Waals surface area contributed by atoms with Crippen LogP contribution in [0.25, 0.3) is 67.2 Å². The van der Waals surface area contributed by atoms with Gasteiger partial charge >= 0.3 is 0 Å². The second-order valence-electron chi connectivity index (χ2n) is 16.5. The van der Waals surface area contributed by atoms with Gasteiger partial charge in [0.1, 0.15) is 11.9 Å². The largest absolute Gasteiger partial charge is 0.485 e. The molecule has 0 spiro atoms. The lowest BCUT2D eigenvalue weighted by atomic mass is 9.79. The maximum atomic E-state index is 6.43. The van der Waals surface area contributed by atoms with Crippen LogP contribution in [0.15, 0.2) is 152 Å². The van der Waals surface area contributed by atoms with Gasteiger partial charge < -0.3 is 4.74 Å². The van der Waals surface area contributed by atoms with E-state index in [1.165, 1.54) is 66.8 Å². The van der Waals surface area contributed by atoms with Crippen molar-refractivity contribution in [1.82, 2.24) is 9.97 Å². The Labute approximate surface area is 322 Å². The van der Waals surface area contributed by atoms with Crippen molar-refractivity contribution in [2.45, 2.75) is 51.0 Å². The molecule has 7 aromatic rings. The van der Waals surface area contributed by atoms with Gasteiger partial charge in [-0.3, -0.25) is 0 Å². The highest BCUT2D eigenvalue weighted by Crippen LogP contribution is 2.57. The number of nitrogens with zero attached hydrogens (tertiary/aromatic N) is 2. The molecular weight excluding hydrogens is 669 g/mol. The predicted molar refractivity (Wildman–Crippen MR) is 225 cm³/mol. The molecule has 11 rings (SSSR count). The minimum Gasteiger partial charge on any atom is -0.485 e. The Kier molecular flexibility index (Phi) is 6.77. The SMILES string of the molecule is CC1(C)c2ccccc2-c2cc3c(cc21)-c1c(-c2cccc(-c4cc(C5=CC=C6c7ccccc7OC6C5)nc(-c5ccccc5)n4)c2)cccc1C3(C)C. The van der Waals surface area contributed by atoms with E-state index in [1.54, 1.807) is 0 Å². The predicted octanol–water partition coefficient (Wildman–Crippen LogP) is 12.7. The van der Waals surface area contributed by atoms with E-state index < -0.39 is 0 Å². The molecule has 3 heteroatoms. The molecule has 55 heavy (non-hydrogen) atoms. The summed E-state index contributed by atoms with van der Waals surface area (Å²) in [5.74, 6) is 1.67. The summed E-state index contributed by atoms with van der Waals surface area (Å²) in [6.45, 7) is 9.52. The Morgan fingerprint density at radius 1 is 0.491 bits per heavy atom. The van der Waals surface area contributed by atoms with Crippen LogP contribution < -0.4 is 4.74 Å². The lowest BCUT2D eigenvalue weighted by Gasteiger charge is -2.24. The molecule has 0 fully saturated rings. The van der Waals surface area contributed by atoms with Crippen LogP contribution in [0.3, 0.4) is 0 Å². The van der Waals surface area contributed by atoms with Crippen LogP contribution in [-0.4, -0.2) is 16.1 Å².